The molecule has 0 spiro atoms. The summed E-state index contributed by atoms with van der Waals surface area (Å²) >= 11 is 0. The number of carboxylic acid groups (broad SMARTS) is 1. The van der Waals surface area contributed by atoms with Crippen molar-refractivity contribution in [3.05, 3.63) is 42.1 Å². The molecule has 1 aromatic carbocycles. The lowest BCUT2D eigenvalue weighted by atomic mass is 9.81. The smallest absolute Gasteiger partial charge is 0.303 e. The maximum atomic E-state index is 10.7. The quantitative estimate of drug-likeness (QED) is 0.577. The van der Waals surface area contributed by atoms with Crippen molar-refractivity contribution in [3.63, 3.8) is 0 Å². The zero-order chi connectivity index (χ0) is 18.9. The maximum Gasteiger partial charge on any atom is 0.303 e. The van der Waals surface area contributed by atoms with Crippen molar-refractivity contribution >= 4 is 17.4 Å². The third-order valence-electron chi connectivity index (χ3n) is 5.78. The Balaban J connectivity index is 1.82. The number of aryl methyl sites for hydroxylation is 1. The minimum atomic E-state index is -0.700. The van der Waals surface area contributed by atoms with E-state index in [1.165, 1.54) is 28.2 Å². The number of fused-ring (bicyclic) bond motifs is 1. The predicted molar refractivity (Wildman–Crippen MR) is 105 cm³/mol. The molecular weight excluding hydrogens is 324 g/mol. The summed E-state index contributed by atoms with van der Waals surface area (Å²) < 4.78 is 4.57. The van der Waals surface area contributed by atoms with Crippen LogP contribution in [-0.4, -0.2) is 32.5 Å². The molecule has 2 heterocycles. The van der Waals surface area contributed by atoms with Crippen molar-refractivity contribution in [1.29, 1.82) is 0 Å². The Bertz CT molecular complexity index is 859. The third kappa shape index (κ3) is 3.33. The van der Waals surface area contributed by atoms with E-state index in [1.54, 1.807) is 0 Å². The van der Waals surface area contributed by atoms with Gasteiger partial charge in [-0.15, -0.1) is 0 Å². The minimum absolute atomic E-state index is 0.0115. The summed E-state index contributed by atoms with van der Waals surface area (Å²) in [5.41, 5.74) is 6.53. The van der Waals surface area contributed by atoms with E-state index in [9.17, 15) is 4.79 Å². The monoisotopic (exact) mass is 353 g/mol. The summed E-state index contributed by atoms with van der Waals surface area (Å²) in [5.74, 6) is -0.700. The first-order valence-electron chi connectivity index (χ1n) is 9.42. The predicted octanol–water partition coefficient (Wildman–Crippen LogP) is 4.73. The van der Waals surface area contributed by atoms with Crippen LogP contribution in [0.25, 0.3) is 11.3 Å². The highest BCUT2D eigenvalue weighted by atomic mass is 16.4. The van der Waals surface area contributed by atoms with Crippen LogP contribution in [0.2, 0.25) is 0 Å². The van der Waals surface area contributed by atoms with E-state index >= 15 is 0 Å². The van der Waals surface area contributed by atoms with E-state index in [1.807, 2.05) is 0 Å². The van der Waals surface area contributed by atoms with Crippen LogP contribution in [-0.2, 0) is 17.3 Å². The number of aromatic nitrogens is 1. The number of carbonyl (C=O) groups is 1. The second-order valence-electron chi connectivity index (χ2n) is 7.80. The lowest BCUT2D eigenvalue weighted by molar-refractivity contribution is -0.439. The molecule has 1 N–H and O–H groups in total. The molecule has 1 aromatic heterocycles. The number of rotatable bonds is 7. The number of nitrogens with zero attached hydrogens (tertiary/aromatic N) is 2. The van der Waals surface area contributed by atoms with Crippen molar-refractivity contribution in [1.82, 2.24) is 4.57 Å². The summed E-state index contributed by atoms with van der Waals surface area (Å²) in [6.45, 7) is 7.76. The number of hydrogen-bond donors (Lipinski definition) is 1. The second-order valence-corrected chi connectivity index (χ2v) is 7.80. The van der Waals surface area contributed by atoms with Gasteiger partial charge in [0.15, 0.2) is 5.71 Å². The van der Waals surface area contributed by atoms with Crippen molar-refractivity contribution in [2.24, 2.45) is 7.05 Å². The summed E-state index contributed by atoms with van der Waals surface area (Å²) in [6, 6.07) is 11.0. The highest BCUT2D eigenvalue weighted by Crippen LogP contribution is 2.41. The van der Waals surface area contributed by atoms with Gasteiger partial charge in [-0.2, -0.15) is 4.58 Å². The average molecular weight is 353 g/mol. The molecule has 0 fully saturated rings. The van der Waals surface area contributed by atoms with E-state index < -0.39 is 5.97 Å². The van der Waals surface area contributed by atoms with Gasteiger partial charge in [0, 0.05) is 50.3 Å². The average Bonchev–Trinajstić information content (AvgIpc) is 3.09. The van der Waals surface area contributed by atoms with E-state index in [0.717, 1.165) is 25.8 Å². The Morgan fingerprint density at radius 3 is 2.62 bits per heavy atom. The van der Waals surface area contributed by atoms with Gasteiger partial charge in [0.25, 0.3) is 0 Å². The molecule has 0 radical (unpaired) electrons. The maximum absolute atomic E-state index is 10.7. The molecule has 26 heavy (non-hydrogen) atoms. The molecule has 2 aromatic rings. The van der Waals surface area contributed by atoms with Gasteiger partial charge in [0.1, 0.15) is 6.54 Å². The molecule has 3 rings (SSSR count). The zero-order valence-electron chi connectivity index (χ0n) is 16.2. The van der Waals surface area contributed by atoms with Crippen molar-refractivity contribution in [2.75, 3.05) is 6.54 Å². The topological polar surface area (TPSA) is 45.2 Å². The summed E-state index contributed by atoms with van der Waals surface area (Å²) in [6.07, 6.45) is 5.07. The Kier molecular flexibility index (Phi) is 5.03. The first-order chi connectivity index (χ1) is 12.3. The Hall–Kier alpha value is -2.36. The molecular formula is C22H29N2O2+. The van der Waals surface area contributed by atoms with Gasteiger partial charge in [-0.3, -0.25) is 4.79 Å². The first-order valence-corrected chi connectivity index (χ1v) is 9.42. The van der Waals surface area contributed by atoms with Crippen LogP contribution in [0.15, 0.2) is 36.5 Å². The number of hydrogen-bond acceptors (Lipinski definition) is 1. The number of unbranched alkanes of at least 4 members (excludes halogenated alkanes) is 2. The molecule has 0 bridgehead atoms. The molecule has 1 aliphatic heterocycles. The van der Waals surface area contributed by atoms with E-state index in [4.69, 9.17) is 5.11 Å². The Labute approximate surface area is 155 Å². The molecule has 0 unspecified atom stereocenters. The van der Waals surface area contributed by atoms with Crippen molar-refractivity contribution < 1.29 is 14.5 Å². The summed E-state index contributed by atoms with van der Waals surface area (Å²) in [4.78, 5) is 10.7. The SMILES string of the molecule is CC1=[N+](CCCCCC(=O)O)c2ccc(-c3cccn3C)cc2C1(C)C. The highest BCUT2D eigenvalue weighted by molar-refractivity contribution is 5.94. The van der Waals surface area contributed by atoms with Gasteiger partial charge in [-0.05, 0) is 56.5 Å². The molecule has 0 atom stereocenters. The Morgan fingerprint density at radius 2 is 1.96 bits per heavy atom. The first kappa shape index (κ1) is 18.4. The fourth-order valence-corrected chi connectivity index (χ4v) is 3.92. The Morgan fingerprint density at radius 1 is 1.19 bits per heavy atom. The minimum Gasteiger partial charge on any atom is -0.481 e. The normalized spacial score (nSPS) is 15.4. The van der Waals surface area contributed by atoms with Crippen LogP contribution in [0, 0.1) is 0 Å². The van der Waals surface area contributed by atoms with E-state index in [-0.39, 0.29) is 11.8 Å². The fourth-order valence-electron chi connectivity index (χ4n) is 3.92. The molecule has 0 amide bonds. The standard InChI is InChI=1S/C22H28N2O2/c1-16-22(2,3)18-15-17(19-9-8-13-23(19)4)11-12-20(18)24(16)14-7-5-6-10-21(25)26/h8-9,11-13,15H,5-7,10,14H2,1-4H3/p+1. The van der Waals surface area contributed by atoms with Crippen LogP contribution in [0.1, 0.15) is 52.0 Å². The van der Waals surface area contributed by atoms with Gasteiger partial charge in [-0.25, -0.2) is 0 Å². The molecule has 4 nitrogen and oxygen atoms in total. The fraction of sp³-hybridized carbons (Fsp3) is 0.455. The molecule has 0 saturated carbocycles. The number of aliphatic carboxylic acids is 1. The molecule has 1 aliphatic rings. The summed E-state index contributed by atoms with van der Waals surface area (Å²) in [5, 5.41) is 8.77. The van der Waals surface area contributed by atoms with Gasteiger partial charge >= 0.3 is 5.97 Å². The van der Waals surface area contributed by atoms with Crippen molar-refractivity contribution in [3.8, 4) is 11.3 Å². The molecule has 0 aliphatic carbocycles. The molecule has 0 saturated heterocycles. The van der Waals surface area contributed by atoms with Crippen LogP contribution in [0.3, 0.4) is 0 Å². The van der Waals surface area contributed by atoms with Crippen LogP contribution in [0.5, 0.6) is 0 Å². The molecule has 4 heteroatoms. The summed E-state index contributed by atoms with van der Waals surface area (Å²) in [7, 11) is 2.08. The van der Waals surface area contributed by atoms with Gasteiger partial charge in [0.2, 0.25) is 5.69 Å². The number of carboxylic acids is 1. The van der Waals surface area contributed by atoms with Crippen LogP contribution < -0.4 is 0 Å². The highest BCUT2D eigenvalue weighted by Gasteiger charge is 2.42. The van der Waals surface area contributed by atoms with Crippen molar-refractivity contribution in [2.45, 2.75) is 51.9 Å². The van der Waals surface area contributed by atoms with Gasteiger partial charge in [0.05, 0.1) is 5.41 Å². The molecule has 138 valence electrons. The third-order valence-corrected chi connectivity index (χ3v) is 5.78. The second kappa shape index (κ2) is 7.10. The lowest BCUT2D eigenvalue weighted by Gasteiger charge is -2.16. The van der Waals surface area contributed by atoms with Crippen LogP contribution in [0.4, 0.5) is 5.69 Å². The largest absolute Gasteiger partial charge is 0.481 e. The van der Waals surface area contributed by atoms with Gasteiger partial charge < -0.3 is 9.67 Å². The number of benzene rings is 1. The van der Waals surface area contributed by atoms with Crippen LogP contribution >= 0.6 is 0 Å². The van der Waals surface area contributed by atoms with E-state index in [2.05, 4.69) is 73.5 Å². The lowest BCUT2D eigenvalue weighted by Crippen LogP contribution is -2.26. The zero-order valence-corrected chi connectivity index (χ0v) is 16.2. The van der Waals surface area contributed by atoms with E-state index in [0.29, 0.717) is 0 Å². The van der Waals surface area contributed by atoms with Gasteiger partial charge in [-0.1, -0.05) is 0 Å².